The summed E-state index contributed by atoms with van der Waals surface area (Å²) in [6.07, 6.45) is 7.39. The molecule has 0 saturated heterocycles. The Morgan fingerprint density at radius 3 is 2.74 bits per heavy atom. The highest BCUT2D eigenvalue weighted by molar-refractivity contribution is 6.32. The van der Waals surface area contributed by atoms with Crippen molar-refractivity contribution >= 4 is 23.2 Å². The Labute approximate surface area is 144 Å². The predicted molar refractivity (Wildman–Crippen MR) is 90.2 cm³/mol. The van der Waals surface area contributed by atoms with E-state index in [0.717, 1.165) is 29.9 Å². The van der Waals surface area contributed by atoms with E-state index >= 15 is 0 Å². The number of rotatable bonds is 5. The molecule has 0 radical (unpaired) electrons. The van der Waals surface area contributed by atoms with Gasteiger partial charge in [0.2, 0.25) is 0 Å². The largest absolute Gasteiger partial charge is 0.256 e. The summed E-state index contributed by atoms with van der Waals surface area (Å²) < 4.78 is 1.73. The number of aryl methyl sites for hydroxylation is 1. The van der Waals surface area contributed by atoms with Gasteiger partial charge in [-0.3, -0.25) is 4.98 Å². The molecule has 0 spiro atoms. The van der Waals surface area contributed by atoms with E-state index in [4.69, 9.17) is 23.2 Å². The van der Waals surface area contributed by atoms with Crippen LogP contribution in [0.15, 0.2) is 36.8 Å². The van der Waals surface area contributed by atoms with Crippen LogP contribution in [0.3, 0.4) is 0 Å². The predicted octanol–water partition coefficient (Wildman–Crippen LogP) is 3.91. The van der Waals surface area contributed by atoms with Gasteiger partial charge in [-0.05, 0) is 24.6 Å². The molecule has 0 unspecified atom stereocenters. The Kier molecular flexibility index (Phi) is 4.88. The van der Waals surface area contributed by atoms with Crippen LogP contribution in [0.25, 0.3) is 5.82 Å². The molecule has 3 aromatic rings. The number of hydrogen-bond acceptors (Lipinski definition) is 4. The summed E-state index contributed by atoms with van der Waals surface area (Å²) in [5, 5.41) is 5.30. The fraction of sp³-hybridized carbons (Fsp3) is 0.250. The van der Waals surface area contributed by atoms with E-state index in [1.54, 1.807) is 35.4 Å². The van der Waals surface area contributed by atoms with Crippen molar-refractivity contribution in [1.82, 2.24) is 24.7 Å². The van der Waals surface area contributed by atoms with Gasteiger partial charge in [-0.15, -0.1) is 0 Å². The third-order valence-electron chi connectivity index (χ3n) is 3.40. The summed E-state index contributed by atoms with van der Waals surface area (Å²) in [4.78, 5) is 13.1. The van der Waals surface area contributed by atoms with Crippen molar-refractivity contribution in [3.8, 4) is 5.82 Å². The first-order valence-corrected chi connectivity index (χ1v) is 8.08. The lowest BCUT2D eigenvalue weighted by Crippen LogP contribution is -2.08. The minimum atomic E-state index is 0.415. The van der Waals surface area contributed by atoms with E-state index in [1.165, 1.54) is 0 Å². The van der Waals surface area contributed by atoms with Crippen molar-refractivity contribution in [2.24, 2.45) is 0 Å². The van der Waals surface area contributed by atoms with E-state index in [9.17, 15) is 0 Å². The summed E-state index contributed by atoms with van der Waals surface area (Å²) in [5.74, 6) is 0.605. The zero-order chi connectivity index (χ0) is 16.2. The summed E-state index contributed by atoms with van der Waals surface area (Å²) >= 11 is 12.2. The van der Waals surface area contributed by atoms with E-state index < -0.39 is 0 Å². The second-order valence-corrected chi connectivity index (χ2v) is 5.85. The maximum Gasteiger partial charge on any atom is 0.172 e. The van der Waals surface area contributed by atoms with Crippen molar-refractivity contribution < 1.29 is 0 Å². The average Bonchev–Trinajstić information content (AvgIpc) is 2.99. The molecule has 118 valence electrons. The van der Waals surface area contributed by atoms with Crippen molar-refractivity contribution in [3.05, 3.63) is 64.0 Å². The van der Waals surface area contributed by atoms with Crippen LogP contribution in [0.5, 0.6) is 0 Å². The topological polar surface area (TPSA) is 56.5 Å². The molecule has 0 aromatic carbocycles. The van der Waals surface area contributed by atoms with Crippen LogP contribution in [0.4, 0.5) is 0 Å². The molecule has 23 heavy (non-hydrogen) atoms. The molecule has 3 heterocycles. The maximum atomic E-state index is 6.22. The van der Waals surface area contributed by atoms with Gasteiger partial charge in [-0.25, -0.2) is 14.6 Å². The minimum absolute atomic E-state index is 0.415. The lowest BCUT2D eigenvalue weighted by Gasteiger charge is -2.10. The molecular weight excluding hydrogens is 333 g/mol. The van der Waals surface area contributed by atoms with Crippen LogP contribution in [-0.4, -0.2) is 24.7 Å². The Morgan fingerprint density at radius 1 is 1.09 bits per heavy atom. The van der Waals surface area contributed by atoms with Gasteiger partial charge >= 0.3 is 0 Å². The van der Waals surface area contributed by atoms with Gasteiger partial charge in [0.05, 0.1) is 28.3 Å². The van der Waals surface area contributed by atoms with Gasteiger partial charge in [0, 0.05) is 18.8 Å². The number of hydrogen-bond donors (Lipinski definition) is 0. The first-order chi connectivity index (χ1) is 11.2. The molecule has 0 aliphatic heterocycles. The molecule has 0 saturated carbocycles. The number of aromatic nitrogens is 5. The average molecular weight is 348 g/mol. The Morgan fingerprint density at radius 2 is 1.96 bits per heavy atom. The second-order valence-electron chi connectivity index (χ2n) is 5.06. The zero-order valence-electron chi connectivity index (χ0n) is 12.6. The Bertz CT molecular complexity index is 816. The van der Waals surface area contributed by atoms with Crippen molar-refractivity contribution in [2.45, 2.75) is 26.2 Å². The van der Waals surface area contributed by atoms with Crippen LogP contribution < -0.4 is 0 Å². The fourth-order valence-corrected chi connectivity index (χ4v) is 2.73. The normalized spacial score (nSPS) is 10.9. The molecule has 3 aromatic heterocycles. The molecule has 3 rings (SSSR count). The standard InChI is InChI=1S/C16H15Cl2N5/c1-2-4-13-14(20-10-15(18)22-13)9-11-6-8-21-23(11)16-12(17)5-3-7-19-16/h3,5-8,10H,2,4,9H2,1H3. The number of nitrogens with zero attached hydrogens (tertiary/aromatic N) is 5. The molecule has 0 fully saturated rings. The van der Waals surface area contributed by atoms with Crippen LogP contribution in [0.1, 0.15) is 30.4 Å². The second kappa shape index (κ2) is 7.06. The highest BCUT2D eigenvalue weighted by atomic mass is 35.5. The van der Waals surface area contributed by atoms with Gasteiger partial charge in [-0.1, -0.05) is 36.5 Å². The van der Waals surface area contributed by atoms with Gasteiger partial charge in [0.15, 0.2) is 5.82 Å². The molecule has 0 N–H and O–H groups in total. The lowest BCUT2D eigenvalue weighted by molar-refractivity contribution is 0.775. The van der Waals surface area contributed by atoms with Gasteiger partial charge < -0.3 is 0 Å². The first-order valence-electron chi connectivity index (χ1n) is 7.33. The van der Waals surface area contributed by atoms with Crippen LogP contribution in [0.2, 0.25) is 10.2 Å². The summed E-state index contributed by atoms with van der Waals surface area (Å²) in [6.45, 7) is 2.10. The van der Waals surface area contributed by atoms with E-state index in [2.05, 4.69) is 27.0 Å². The number of halogens is 2. The summed E-state index contributed by atoms with van der Waals surface area (Å²) in [7, 11) is 0. The highest BCUT2D eigenvalue weighted by Crippen LogP contribution is 2.20. The van der Waals surface area contributed by atoms with Crippen LogP contribution in [0, 0.1) is 0 Å². The van der Waals surface area contributed by atoms with Gasteiger partial charge in [-0.2, -0.15) is 5.10 Å². The van der Waals surface area contributed by atoms with Crippen molar-refractivity contribution in [2.75, 3.05) is 0 Å². The third-order valence-corrected chi connectivity index (χ3v) is 3.88. The van der Waals surface area contributed by atoms with Gasteiger partial charge in [0.1, 0.15) is 5.15 Å². The molecular formula is C16H15Cl2N5. The Hall–Kier alpha value is -1.98. The van der Waals surface area contributed by atoms with Crippen molar-refractivity contribution in [1.29, 1.82) is 0 Å². The molecule has 0 bridgehead atoms. The first kappa shape index (κ1) is 15.9. The smallest absolute Gasteiger partial charge is 0.172 e. The van der Waals surface area contributed by atoms with Crippen molar-refractivity contribution in [3.63, 3.8) is 0 Å². The van der Waals surface area contributed by atoms with Gasteiger partial charge in [0.25, 0.3) is 0 Å². The van der Waals surface area contributed by atoms with Crippen LogP contribution >= 0.6 is 23.2 Å². The molecule has 0 aliphatic rings. The third kappa shape index (κ3) is 3.51. The maximum absolute atomic E-state index is 6.22. The van der Waals surface area contributed by atoms with Crippen LogP contribution in [-0.2, 0) is 12.8 Å². The SMILES string of the molecule is CCCc1nc(Cl)cnc1Cc1ccnn1-c1ncccc1Cl. The van der Waals surface area contributed by atoms with E-state index in [1.807, 2.05) is 6.07 Å². The Balaban J connectivity index is 1.97. The molecule has 0 atom stereocenters. The molecule has 0 amide bonds. The highest BCUT2D eigenvalue weighted by Gasteiger charge is 2.13. The molecule has 0 aliphatic carbocycles. The summed E-state index contributed by atoms with van der Waals surface area (Å²) in [6, 6.07) is 5.51. The van der Waals surface area contributed by atoms with E-state index in [-0.39, 0.29) is 0 Å². The fourth-order valence-electron chi connectivity index (χ4n) is 2.37. The molecule has 5 nitrogen and oxygen atoms in total. The zero-order valence-corrected chi connectivity index (χ0v) is 14.1. The van der Waals surface area contributed by atoms with E-state index in [0.29, 0.717) is 22.4 Å². The molecule has 7 heteroatoms. The summed E-state index contributed by atoms with van der Waals surface area (Å²) in [5.41, 5.74) is 2.75. The lowest BCUT2D eigenvalue weighted by atomic mass is 10.1. The monoisotopic (exact) mass is 347 g/mol. The number of pyridine rings is 1. The minimum Gasteiger partial charge on any atom is -0.256 e. The quantitative estimate of drug-likeness (QED) is 0.702.